The molecule has 0 radical (unpaired) electrons. The number of nitrogens with zero attached hydrogens (tertiary/aromatic N) is 2. The van der Waals surface area contributed by atoms with E-state index in [1.54, 1.807) is 6.92 Å². The Morgan fingerprint density at radius 3 is 2.23 bits per heavy atom. The highest BCUT2D eigenvalue weighted by atomic mass is 16.2. The Morgan fingerprint density at radius 1 is 1.14 bits per heavy atom. The van der Waals surface area contributed by atoms with E-state index in [0.29, 0.717) is 13.1 Å². The van der Waals surface area contributed by atoms with Crippen LogP contribution in [0.4, 0.5) is 5.69 Å². The Labute approximate surface area is 132 Å². The minimum absolute atomic E-state index is 0.000485. The number of benzene rings is 1. The summed E-state index contributed by atoms with van der Waals surface area (Å²) in [6.45, 7) is 8.48. The minimum atomic E-state index is -0.194. The van der Waals surface area contributed by atoms with Crippen molar-refractivity contribution in [3.63, 3.8) is 0 Å². The standard InChI is InChI=1S/C17H25N3O2/c1-4-15-5-7-16(8-6-15)18-17(22)13(2)19-9-11-20(12-10-19)14(3)21/h5-8,13H,4,9-12H2,1-3H3,(H,18,22). The molecule has 120 valence electrons. The third-order valence-electron chi connectivity index (χ3n) is 4.32. The summed E-state index contributed by atoms with van der Waals surface area (Å²) in [6.07, 6.45) is 0.991. The average molecular weight is 303 g/mol. The first-order valence-corrected chi connectivity index (χ1v) is 7.90. The lowest BCUT2D eigenvalue weighted by Crippen LogP contribution is -2.53. The van der Waals surface area contributed by atoms with Crippen molar-refractivity contribution in [2.24, 2.45) is 0 Å². The molecule has 1 aliphatic rings. The molecule has 1 aromatic rings. The van der Waals surface area contributed by atoms with Crippen LogP contribution >= 0.6 is 0 Å². The summed E-state index contributed by atoms with van der Waals surface area (Å²) in [5.41, 5.74) is 2.09. The van der Waals surface area contributed by atoms with Gasteiger partial charge in [0.1, 0.15) is 0 Å². The smallest absolute Gasteiger partial charge is 0.241 e. The van der Waals surface area contributed by atoms with E-state index in [1.807, 2.05) is 36.1 Å². The molecule has 0 aromatic heterocycles. The highest BCUT2D eigenvalue weighted by Crippen LogP contribution is 2.12. The molecule has 0 saturated carbocycles. The zero-order valence-electron chi connectivity index (χ0n) is 13.6. The van der Waals surface area contributed by atoms with E-state index < -0.39 is 0 Å². The third kappa shape index (κ3) is 4.07. The Morgan fingerprint density at radius 2 is 1.73 bits per heavy atom. The van der Waals surface area contributed by atoms with Gasteiger partial charge in [-0.25, -0.2) is 0 Å². The molecule has 22 heavy (non-hydrogen) atoms. The van der Waals surface area contributed by atoms with Crippen molar-refractivity contribution in [3.05, 3.63) is 29.8 Å². The number of anilines is 1. The molecular weight excluding hydrogens is 278 g/mol. The summed E-state index contributed by atoms with van der Waals surface area (Å²) < 4.78 is 0. The molecule has 5 heteroatoms. The summed E-state index contributed by atoms with van der Waals surface area (Å²) in [4.78, 5) is 27.6. The van der Waals surface area contributed by atoms with Crippen LogP contribution in [0.3, 0.4) is 0 Å². The van der Waals surface area contributed by atoms with Crippen molar-refractivity contribution in [2.45, 2.75) is 33.2 Å². The summed E-state index contributed by atoms with van der Waals surface area (Å²) >= 11 is 0. The molecule has 0 spiro atoms. The molecule has 1 unspecified atom stereocenters. The number of piperazine rings is 1. The van der Waals surface area contributed by atoms with Gasteiger partial charge in [-0.1, -0.05) is 19.1 Å². The minimum Gasteiger partial charge on any atom is -0.340 e. The fraction of sp³-hybridized carbons (Fsp3) is 0.529. The van der Waals surface area contributed by atoms with Gasteiger partial charge in [0.25, 0.3) is 0 Å². The van der Waals surface area contributed by atoms with Crippen LogP contribution < -0.4 is 5.32 Å². The Hall–Kier alpha value is -1.88. The zero-order chi connectivity index (χ0) is 16.1. The predicted molar refractivity (Wildman–Crippen MR) is 87.7 cm³/mol. The second-order valence-corrected chi connectivity index (χ2v) is 5.76. The van der Waals surface area contributed by atoms with Gasteiger partial charge in [-0.15, -0.1) is 0 Å². The number of nitrogens with one attached hydrogen (secondary N) is 1. The van der Waals surface area contributed by atoms with Crippen molar-refractivity contribution in [1.29, 1.82) is 0 Å². The third-order valence-corrected chi connectivity index (χ3v) is 4.32. The number of amides is 2. The van der Waals surface area contributed by atoms with Crippen molar-refractivity contribution in [3.8, 4) is 0 Å². The molecule has 1 N–H and O–H groups in total. The monoisotopic (exact) mass is 303 g/mol. The topological polar surface area (TPSA) is 52.7 Å². The number of aryl methyl sites for hydroxylation is 1. The van der Waals surface area contributed by atoms with Gasteiger partial charge in [-0.05, 0) is 31.0 Å². The first kappa shape index (κ1) is 16.5. The largest absolute Gasteiger partial charge is 0.340 e. The van der Waals surface area contributed by atoms with Gasteiger partial charge in [-0.3, -0.25) is 14.5 Å². The number of hydrogen-bond donors (Lipinski definition) is 1. The van der Waals surface area contributed by atoms with Crippen LogP contribution in [0.5, 0.6) is 0 Å². The molecular formula is C17H25N3O2. The summed E-state index contributed by atoms with van der Waals surface area (Å²) in [5, 5.41) is 2.96. The highest BCUT2D eigenvalue weighted by Gasteiger charge is 2.26. The summed E-state index contributed by atoms with van der Waals surface area (Å²) in [6, 6.07) is 7.76. The van der Waals surface area contributed by atoms with Crippen LogP contribution in [0.2, 0.25) is 0 Å². The molecule has 2 rings (SSSR count). The lowest BCUT2D eigenvalue weighted by atomic mass is 10.1. The SMILES string of the molecule is CCc1ccc(NC(=O)C(C)N2CCN(C(C)=O)CC2)cc1. The van der Waals surface area contributed by atoms with Gasteiger partial charge in [0.05, 0.1) is 6.04 Å². The first-order valence-electron chi connectivity index (χ1n) is 7.90. The molecule has 0 aliphatic carbocycles. The second kappa shape index (κ2) is 7.40. The number of rotatable bonds is 4. The van der Waals surface area contributed by atoms with E-state index in [9.17, 15) is 9.59 Å². The molecule has 1 heterocycles. The molecule has 1 aromatic carbocycles. The molecule has 1 atom stereocenters. The Kier molecular flexibility index (Phi) is 5.55. The van der Waals surface area contributed by atoms with Crippen LogP contribution in [0.1, 0.15) is 26.3 Å². The molecule has 5 nitrogen and oxygen atoms in total. The van der Waals surface area contributed by atoms with Gasteiger partial charge in [-0.2, -0.15) is 0 Å². The van der Waals surface area contributed by atoms with E-state index in [1.165, 1.54) is 5.56 Å². The normalized spacial score (nSPS) is 17.1. The van der Waals surface area contributed by atoms with Gasteiger partial charge in [0.2, 0.25) is 11.8 Å². The van der Waals surface area contributed by atoms with Crippen LogP contribution in [-0.4, -0.2) is 53.8 Å². The van der Waals surface area contributed by atoms with Crippen molar-refractivity contribution in [1.82, 2.24) is 9.80 Å². The van der Waals surface area contributed by atoms with Crippen LogP contribution in [-0.2, 0) is 16.0 Å². The van der Waals surface area contributed by atoms with Crippen LogP contribution in [0, 0.1) is 0 Å². The van der Waals surface area contributed by atoms with Gasteiger partial charge < -0.3 is 10.2 Å². The highest BCUT2D eigenvalue weighted by molar-refractivity contribution is 5.94. The van der Waals surface area contributed by atoms with Crippen LogP contribution in [0.15, 0.2) is 24.3 Å². The number of carbonyl (C=O) groups excluding carboxylic acids is 2. The van der Waals surface area contributed by atoms with Gasteiger partial charge in [0, 0.05) is 38.8 Å². The lowest BCUT2D eigenvalue weighted by Gasteiger charge is -2.37. The number of hydrogen-bond acceptors (Lipinski definition) is 3. The van der Waals surface area contributed by atoms with Crippen molar-refractivity contribution >= 4 is 17.5 Å². The van der Waals surface area contributed by atoms with Crippen molar-refractivity contribution in [2.75, 3.05) is 31.5 Å². The van der Waals surface area contributed by atoms with E-state index >= 15 is 0 Å². The fourth-order valence-corrected chi connectivity index (χ4v) is 2.66. The Bertz CT molecular complexity index is 519. The molecule has 1 saturated heterocycles. The summed E-state index contributed by atoms with van der Waals surface area (Å²) in [7, 11) is 0. The fourth-order valence-electron chi connectivity index (χ4n) is 2.66. The van der Waals surface area contributed by atoms with Gasteiger partial charge in [0.15, 0.2) is 0 Å². The lowest BCUT2D eigenvalue weighted by molar-refractivity contribution is -0.131. The van der Waals surface area contributed by atoms with Gasteiger partial charge >= 0.3 is 0 Å². The van der Waals surface area contributed by atoms with E-state index in [2.05, 4.69) is 17.1 Å². The number of carbonyl (C=O) groups is 2. The van der Waals surface area contributed by atoms with E-state index in [4.69, 9.17) is 0 Å². The summed E-state index contributed by atoms with van der Waals surface area (Å²) in [5.74, 6) is 0.105. The quantitative estimate of drug-likeness (QED) is 0.922. The maximum Gasteiger partial charge on any atom is 0.241 e. The maximum atomic E-state index is 12.3. The van der Waals surface area contributed by atoms with E-state index in [0.717, 1.165) is 25.2 Å². The Balaban J connectivity index is 1.88. The first-order chi connectivity index (χ1) is 10.5. The van der Waals surface area contributed by atoms with Crippen LogP contribution in [0.25, 0.3) is 0 Å². The second-order valence-electron chi connectivity index (χ2n) is 5.76. The molecule has 2 amide bonds. The predicted octanol–water partition coefficient (Wildman–Crippen LogP) is 1.74. The average Bonchev–Trinajstić information content (AvgIpc) is 2.55. The zero-order valence-corrected chi connectivity index (χ0v) is 13.6. The molecule has 1 aliphatic heterocycles. The maximum absolute atomic E-state index is 12.3. The van der Waals surface area contributed by atoms with Crippen molar-refractivity contribution < 1.29 is 9.59 Å². The molecule has 1 fully saturated rings. The molecule has 0 bridgehead atoms. The van der Waals surface area contributed by atoms with E-state index in [-0.39, 0.29) is 17.9 Å².